The molecule has 2 amide bonds. The number of nitrogens with zero attached hydrogens (tertiary/aromatic N) is 3. The number of likely N-dealkylation sites (tertiary alicyclic amines) is 1. The number of carbonyl (C=O) groups excluding carboxylic acids is 2. The molecule has 0 saturated carbocycles. The Morgan fingerprint density at radius 2 is 2.32 bits per heavy atom. The van der Waals surface area contributed by atoms with Gasteiger partial charge in [-0.25, -0.2) is 0 Å². The lowest BCUT2D eigenvalue weighted by atomic mass is 9.96. The van der Waals surface area contributed by atoms with E-state index >= 15 is 0 Å². The van der Waals surface area contributed by atoms with E-state index in [1.54, 1.807) is 5.38 Å². The van der Waals surface area contributed by atoms with Gasteiger partial charge in [-0.15, -0.1) is 5.10 Å². The summed E-state index contributed by atoms with van der Waals surface area (Å²) in [6.45, 7) is 7.54. The Labute approximate surface area is 116 Å². The van der Waals surface area contributed by atoms with Crippen molar-refractivity contribution in [1.82, 2.24) is 19.8 Å². The Kier molecular flexibility index (Phi) is 3.84. The van der Waals surface area contributed by atoms with Gasteiger partial charge in [-0.1, -0.05) is 25.3 Å². The summed E-state index contributed by atoms with van der Waals surface area (Å²) in [5.41, 5.74) is 0.375. The van der Waals surface area contributed by atoms with Crippen LogP contribution in [-0.4, -0.2) is 45.4 Å². The van der Waals surface area contributed by atoms with Crippen LogP contribution in [0.2, 0.25) is 0 Å². The second kappa shape index (κ2) is 5.24. The normalized spacial score (nSPS) is 19.8. The van der Waals surface area contributed by atoms with E-state index in [1.807, 2.05) is 4.90 Å². The van der Waals surface area contributed by atoms with E-state index in [2.05, 4.69) is 35.7 Å². The van der Waals surface area contributed by atoms with Gasteiger partial charge in [0, 0.05) is 24.9 Å². The maximum atomic E-state index is 11.9. The highest BCUT2D eigenvalue weighted by molar-refractivity contribution is 7.03. The van der Waals surface area contributed by atoms with Gasteiger partial charge in [-0.05, 0) is 16.9 Å². The molecule has 6 nitrogen and oxygen atoms in total. The molecule has 1 fully saturated rings. The van der Waals surface area contributed by atoms with Crippen LogP contribution in [0.15, 0.2) is 5.38 Å². The SMILES string of the molecule is CC(C)(C)CN1C[C@@H](NC(=O)c2csnn2)CC1=O. The van der Waals surface area contributed by atoms with E-state index < -0.39 is 0 Å². The largest absolute Gasteiger partial charge is 0.346 e. The van der Waals surface area contributed by atoms with Crippen LogP contribution in [0.1, 0.15) is 37.7 Å². The first kappa shape index (κ1) is 13.9. The van der Waals surface area contributed by atoms with Crippen molar-refractivity contribution in [1.29, 1.82) is 0 Å². The molecular weight excluding hydrogens is 264 g/mol. The molecule has 1 saturated heterocycles. The lowest BCUT2D eigenvalue weighted by Gasteiger charge is -2.26. The third kappa shape index (κ3) is 3.73. The molecule has 2 rings (SSSR count). The first-order valence-corrected chi connectivity index (χ1v) is 7.04. The highest BCUT2D eigenvalue weighted by atomic mass is 32.1. The fourth-order valence-electron chi connectivity index (χ4n) is 2.12. The Bertz CT molecular complexity index is 467. The molecule has 104 valence electrons. The minimum atomic E-state index is -0.260. The summed E-state index contributed by atoms with van der Waals surface area (Å²) in [6.07, 6.45) is 0.361. The Balaban J connectivity index is 1.91. The summed E-state index contributed by atoms with van der Waals surface area (Å²) >= 11 is 1.14. The number of hydrogen-bond donors (Lipinski definition) is 1. The average molecular weight is 282 g/mol. The van der Waals surface area contributed by atoms with Gasteiger partial charge in [-0.2, -0.15) is 0 Å². The Hall–Kier alpha value is -1.50. The van der Waals surface area contributed by atoms with Crippen molar-refractivity contribution in [2.45, 2.75) is 33.2 Å². The molecule has 0 aliphatic carbocycles. The molecule has 1 aromatic rings. The van der Waals surface area contributed by atoms with Gasteiger partial charge in [0.15, 0.2) is 5.69 Å². The molecule has 1 atom stereocenters. The fraction of sp³-hybridized carbons (Fsp3) is 0.667. The first-order valence-electron chi connectivity index (χ1n) is 6.21. The Morgan fingerprint density at radius 3 is 2.89 bits per heavy atom. The molecule has 0 spiro atoms. The number of nitrogens with one attached hydrogen (secondary N) is 1. The van der Waals surface area contributed by atoms with Gasteiger partial charge in [0.25, 0.3) is 5.91 Å². The van der Waals surface area contributed by atoms with E-state index in [4.69, 9.17) is 0 Å². The highest BCUT2D eigenvalue weighted by Gasteiger charge is 2.33. The van der Waals surface area contributed by atoms with E-state index in [0.29, 0.717) is 25.2 Å². The zero-order chi connectivity index (χ0) is 14.0. The Morgan fingerprint density at radius 1 is 1.58 bits per heavy atom. The summed E-state index contributed by atoms with van der Waals surface area (Å²) in [4.78, 5) is 25.5. The van der Waals surface area contributed by atoms with Gasteiger partial charge >= 0.3 is 0 Å². The minimum Gasteiger partial charge on any atom is -0.346 e. The van der Waals surface area contributed by atoms with Gasteiger partial charge in [0.1, 0.15) is 0 Å². The van der Waals surface area contributed by atoms with E-state index in [-0.39, 0.29) is 23.3 Å². The average Bonchev–Trinajstić information content (AvgIpc) is 2.87. The summed E-state index contributed by atoms with van der Waals surface area (Å²) in [7, 11) is 0. The predicted molar refractivity (Wildman–Crippen MR) is 71.8 cm³/mol. The topological polar surface area (TPSA) is 75.2 Å². The van der Waals surface area contributed by atoms with Crippen LogP contribution in [0.5, 0.6) is 0 Å². The van der Waals surface area contributed by atoms with Crippen LogP contribution >= 0.6 is 11.5 Å². The summed E-state index contributed by atoms with van der Waals surface area (Å²) in [5.74, 6) is -0.166. The van der Waals surface area contributed by atoms with Crippen LogP contribution in [0.4, 0.5) is 0 Å². The van der Waals surface area contributed by atoms with Crippen molar-refractivity contribution in [2.75, 3.05) is 13.1 Å². The molecule has 0 bridgehead atoms. The number of carbonyl (C=O) groups is 2. The molecule has 0 aromatic carbocycles. The zero-order valence-electron chi connectivity index (χ0n) is 11.3. The van der Waals surface area contributed by atoms with Crippen LogP contribution in [-0.2, 0) is 4.79 Å². The monoisotopic (exact) mass is 282 g/mol. The third-order valence-electron chi connectivity index (χ3n) is 2.81. The minimum absolute atomic E-state index is 0.0629. The lowest BCUT2D eigenvalue weighted by molar-refractivity contribution is -0.128. The molecule has 19 heavy (non-hydrogen) atoms. The van der Waals surface area contributed by atoms with E-state index in [9.17, 15) is 9.59 Å². The van der Waals surface area contributed by atoms with Crippen molar-refractivity contribution < 1.29 is 9.59 Å². The van der Waals surface area contributed by atoms with Crippen molar-refractivity contribution in [2.24, 2.45) is 5.41 Å². The highest BCUT2D eigenvalue weighted by Crippen LogP contribution is 2.20. The summed E-state index contributed by atoms with van der Waals surface area (Å²) in [5, 5.41) is 8.14. The van der Waals surface area contributed by atoms with Crippen LogP contribution in [0.25, 0.3) is 0 Å². The van der Waals surface area contributed by atoms with Crippen molar-refractivity contribution in [3.05, 3.63) is 11.1 Å². The number of hydrogen-bond acceptors (Lipinski definition) is 5. The van der Waals surface area contributed by atoms with Crippen LogP contribution < -0.4 is 5.32 Å². The summed E-state index contributed by atoms with van der Waals surface area (Å²) in [6, 6.07) is -0.135. The second-order valence-electron chi connectivity index (χ2n) is 6.00. The summed E-state index contributed by atoms with van der Waals surface area (Å²) < 4.78 is 3.65. The molecule has 0 unspecified atom stereocenters. The first-order chi connectivity index (χ1) is 8.85. The van der Waals surface area contributed by atoms with Crippen LogP contribution in [0, 0.1) is 5.41 Å². The number of rotatable bonds is 3. The molecule has 1 N–H and O–H groups in total. The second-order valence-corrected chi connectivity index (χ2v) is 6.61. The smallest absolute Gasteiger partial charge is 0.273 e. The molecular formula is C12H18N4O2S. The van der Waals surface area contributed by atoms with Crippen molar-refractivity contribution in [3.8, 4) is 0 Å². The third-order valence-corrected chi connectivity index (χ3v) is 3.31. The maximum Gasteiger partial charge on any atom is 0.273 e. The molecule has 1 aliphatic heterocycles. The molecule has 7 heteroatoms. The maximum absolute atomic E-state index is 11.9. The van der Waals surface area contributed by atoms with Gasteiger partial charge in [0.05, 0.1) is 6.04 Å². The van der Waals surface area contributed by atoms with Crippen LogP contribution in [0.3, 0.4) is 0 Å². The predicted octanol–water partition coefficient (Wildman–Crippen LogP) is 0.915. The van der Waals surface area contributed by atoms with Gasteiger partial charge in [0.2, 0.25) is 5.91 Å². The quantitative estimate of drug-likeness (QED) is 0.894. The van der Waals surface area contributed by atoms with Gasteiger partial charge < -0.3 is 10.2 Å². The number of amides is 2. The fourth-order valence-corrected chi connectivity index (χ4v) is 2.55. The lowest BCUT2D eigenvalue weighted by Crippen LogP contribution is -2.39. The molecule has 1 aromatic heterocycles. The molecule has 0 radical (unpaired) electrons. The molecule has 1 aliphatic rings. The molecule has 2 heterocycles. The van der Waals surface area contributed by atoms with E-state index in [1.165, 1.54) is 0 Å². The number of aromatic nitrogens is 2. The van der Waals surface area contributed by atoms with Gasteiger partial charge in [-0.3, -0.25) is 9.59 Å². The van der Waals surface area contributed by atoms with E-state index in [0.717, 1.165) is 11.5 Å². The standard InChI is InChI=1S/C12H18N4O2S/c1-12(2,3)7-16-5-8(4-10(16)17)13-11(18)9-6-19-15-14-9/h6,8H,4-5,7H2,1-3H3,(H,13,18)/t8-/m0/s1. The zero-order valence-corrected chi connectivity index (χ0v) is 12.2. The van der Waals surface area contributed by atoms with Crippen molar-refractivity contribution >= 4 is 23.3 Å². The van der Waals surface area contributed by atoms with Crippen molar-refractivity contribution in [3.63, 3.8) is 0 Å².